The first-order valence-electron chi connectivity index (χ1n) is 15.3. The van der Waals surface area contributed by atoms with Crippen LogP contribution in [-0.2, 0) is 6.42 Å². The molecule has 0 spiro atoms. The van der Waals surface area contributed by atoms with Gasteiger partial charge < -0.3 is 9.80 Å². The van der Waals surface area contributed by atoms with Crippen molar-refractivity contribution in [1.29, 1.82) is 0 Å². The van der Waals surface area contributed by atoms with Gasteiger partial charge in [-0.2, -0.15) is 11.8 Å². The number of benzene rings is 2. The average Bonchev–Trinajstić information content (AvgIpc) is 3.57. The Hall–Kier alpha value is -2.31. The van der Waals surface area contributed by atoms with Crippen molar-refractivity contribution in [2.75, 3.05) is 62.2 Å². The molecular weight excluding hydrogens is 498 g/mol. The lowest BCUT2D eigenvalue weighted by Crippen LogP contribution is -2.42. The molecule has 0 amide bonds. The summed E-state index contributed by atoms with van der Waals surface area (Å²) < 4.78 is 0. The van der Waals surface area contributed by atoms with Crippen LogP contribution in [0.3, 0.4) is 0 Å². The summed E-state index contributed by atoms with van der Waals surface area (Å²) in [5.74, 6) is 3.59. The van der Waals surface area contributed by atoms with Crippen molar-refractivity contribution in [1.82, 2.24) is 9.80 Å². The summed E-state index contributed by atoms with van der Waals surface area (Å²) in [5, 5.41) is 2.72. The molecule has 5 nitrogen and oxygen atoms in total. The quantitative estimate of drug-likeness (QED) is 0.219. The number of thioether (sulfide) groups is 1. The van der Waals surface area contributed by atoms with Crippen LogP contribution in [0.4, 0.5) is 5.69 Å². The largest absolute Gasteiger partial charge is 0.365 e. The van der Waals surface area contributed by atoms with Gasteiger partial charge in [0.25, 0.3) is 0 Å². The lowest BCUT2D eigenvalue weighted by Gasteiger charge is -2.36. The third-order valence-corrected chi connectivity index (χ3v) is 10.6. The third kappa shape index (κ3) is 5.39. The van der Waals surface area contributed by atoms with E-state index < -0.39 is 0 Å². The molecule has 208 valence electrons. The summed E-state index contributed by atoms with van der Waals surface area (Å²) in [6.45, 7) is 13.8. The van der Waals surface area contributed by atoms with Gasteiger partial charge in [0.05, 0.1) is 12.2 Å². The zero-order valence-electron chi connectivity index (χ0n) is 23.8. The van der Waals surface area contributed by atoms with Crippen molar-refractivity contribution in [2.45, 2.75) is 63.8 Å². The number of aliphatic imine (C=N–C) groups is 2. The van der Waals surface area contributed by atoms with Crippen molar-refractivity contribution >= 4 is 40.8 Å². The maximum Gasteiger partial charge on any atom is 0.128 e. The Kier molecular flexibility index (Phi) is 8.31. The molecule has 0 unspecified atom stereocenters. The number of anilines is 1. The number of hydrogen-bond acceptors (Lipinski definition) is 5. The minimum Gasteiger partial charge on any atom is -0.365 e. The molecule has 0 atom stereocenters. The molecule has 4 heterocycles. The minimum absolute atomic E-state index is 0.492. The van der Waals surface area contributed by atoms with Crippen LogP contribution in [0.1, 0.15) is 57.4 Å². The van der Waals surface area contributed by atoms with Gasteiger partial charge in [-0.25, -0.2) is 0 Å². The summed E-state index contributed by atoms with van der Waals surface area (Å²) in [6.07, 6.45) is 10.1. The Labute approximate surface area is 239 Å². The number of nitrogens with zero attached hydrogens (tertiary/aromatic N) is 5. The molecule has 0 saturated carbocycles. The van der Waals surface area contributed by atoms with Gasteiger partial charge in [0.1, 0.15) is 5.84 Å². The van der Waals surface area contributed by atoms with Crippen LogP contribution in [-0.4, -0.2) is 85.2 Å². The monoisotopic (exact) mass is 543 g/mol. The van der Waals surface area contributed by atoms with Crippen molar-refractivity contribution in [3.05, 3.63) is 53.2 Å². The number of rotatable bonds is 8. The summed E-state index contributed by atoms with van der Waals surface area (Å²) >= 11 is 2.06. The molecule has 0 aliphatic carbocycles. The van der Waals surface area contributed by atoms with E-state index in [1.807, 2.05) is 0 Å². The van der Waals surface area contributed by atoms with Gasteiger partial charge in [0.15, 0.2) is 0 Å². The summed E-state index contributed by atoms with van der Waals surface area (Å²) in [4.78, 5) is 17.9. The van der Waals surface area contributed by atoms with E-state index in [-0.39, 0.29) is 0 Å². The zero-order valence-corrected chi connectivity index (χ0v) is 24.7. The Morgan fingerprint density at radius 3 is 2.51 bits per heavy atom. The molecule has 2 aromatic rings. The predicted molar refractivity (Wildman–Crippen MR) is 170 cm³/mol. The molecule has 39 heavy (non-hydrogen) atoms. The SMILES string of the molecule is C=NC1=C(/C(=N\CCCC23CCCN2CCC3)N2CCSCC2)CCN(c2cccc3cccc(CC)c23)C1. The fraction of sp³-hybridized carbons (Fsp3) is 0.576. The minimum atomic E-state index is 0.492. The van der Waals surface area contributed by atoms with Crippen LogP contribution in [0.25, 0.3) is 10.8 Å². The van der Waals surface area contributed by atoms with E-state index in [1.54, 1.807) is 0 Å². The van der Waals surface area contributed by atoms with Crippen LogP contribution < -0.4 is 4.90 Å². The molecule has 0 bridgehead atoms. The summed E-state index contributed by atoms with van der Waals surface area (Å²) in [5.41, 5.74) is 5.69. The molecule has 4 aliphatic rings. The molecule has 4 aliphatic heterocycles. The number of aryl methyl sites for hydroxylation is 1. The van der Waals surface area contributed by atoms with Gasteiger partial charge in [-0.1, -0.05) is 37.3 Å². The topological polar surface area (TPSA) is 34.4 Å². The van der Waals surface area contributed by atoms with Gasteiger partial charge >= 0.3 is 0 Å². The second-order valence-electron chi connectivity index (χ2n) is 11.7. The standard InChI is InChI=1S/C33H45N5S/c1-3-26-9-4-10-27-11-5-12-30(31(26)27)37-20-13-28(29(25-37)34-2)32(36-21-23-39-24-22-36)35-17-6-14-33-15-7-18-38(33)19-8-16-33/h4-5,9-12H,2-3,6-8,13-25H2,1H3/b35-32+. The third-order valence-electron chi connectivity index (χ3n) is 9.66. The first-order chi connectivity index (χ1) is 19.2. The van der Waals surface area contributed by atoms with Gasteiger partial charge in [0.2, 0.25) is 0 Å². The lowest BCUT2D eigenvalue weighted by atomic mass is 9.89. The molecule has 3 saturated heterocycles. The highest BCUT2D eigenvalue weighted by Crippen LogP contribution is 2.42. The summed E-state index contributed by atoms with van der Waals surface area (Å²) in [7, 11) is 0. The van der Waals surface area contributed by atoms with Gasteiger partial charge in [-0.05, 0) is 88.2 Å². The van der Waals surface area contributed by atoms with Crippen LogP contribution in [0.15, 0.2) is 57.7 Å². The van der Waals surface area contributed by atoms with Gasteiger partial charge in [-0.3, -0.25) is 14.9 Å². The maximum atomic E-state index is 5.37. The van der Waals surface area contributed by atoms with Crippen molar-refractivity contribution in [3.8, 4) is 0 Å². The Morgan fingerprint density at radius 1 is 1.00 bits per heavy atom. The molecule has 2 aromatic carbocycles. The Balaban J connectivity index is 1.25. The fourth-order valence-electron chi connectivity index (χ4n) is 7.68. The highest BCUT2D eigenvalue weighted by atomic mass is 32.2. The summed E-state index contributed by atoms with van der Waals surface area (Å²) in [6, 6.07) is 13.4. The zero-order chi connectivity index (χ0) is 26.7. The molecule has 0 radical (unpaired) electrons. The first-order valence-corrected chi connectivity index (χ1v) is 16.4. The van der Waals surface area contributed by atoms with E-state index in [4.69, 9.17) is 4.99 Å². The number of amidine groups is 1. The van der Waals surface area contributed by atoms with Crippen molar-refractivity contribution in [2.24, 2.45) is 9.98 Å². The van der Waals surface area contributed by atoms with Crippen LogP contribution >= 0.6 is 11.8 Å². The van der Waals surface area contributed by atoms with Crippen LogP contribution in [0, 0.1) is 0 Å². The van der Waals surface area contributed by atoms with Gasteiger partial charge in [-0.15, -0.1) is 0 Å². The Morgan fingerprint density at radius 2 is 1.77 bits per heavy atom. The first kappa shape index (κ1) is 26.9. The fourth-order valence-corrected chi connectivity index (χ4v) is 8.58. The molecule has 0 aromatic heterocycles. The lowest BCUT2D eigenvalue weighted by molar-refractivity contribution is 0.180. The smallest absolute Gasteiger partial charge is 0.128 e. The molecule has 6 heteroatoms. The number of fused-ring (bicyclic) bond motifs is 2. The van der Waals surface area contributed by atoms with E-state index in [1.165, 1.54) is 96.6 Å². The normalized spacial score (nSPS) is 22.1. The average molecular weight is 544 g/mol. The highest BCUT2D eigenvalue weighted by Gasteiger charge is 2.43. The van der Waals surface area contributed by atoms with E-state index in [0.29, 0.717) is 5.54 Å². The molecular formula is C33H45N5S. The van der Waals surface area contributed by atoms with E-state index in [0.717, 1.165) is 51.3 Å². The predicted octanol–water partition coefficient (Wildman–Crippen LogP) is 6.42. The van der Waals surface area contributed by atoms with E-state index in [9.17, 15) is 0 Å². The molecule has 0 N–H and O–H groups in total. The molecule has 6 rings (SSSR count). The molecule has 3 fully saturated rings. The van der Waals surface area contributed by atoms with Crippen LogP contribution in [0.5, 0.6) is 0 Å². The van der Waals surface area contributed by atoms with Crippen LogP contribution in [0.2, 0.25) is 0 Å². The number of hydrogen-bond donors (Lipinski definition) is 0. The Bertz CT molecular complexity index is 1230. The van der Waals surface area contributed by atoms with E-state index >= 15 is 0 Å². The van der Waals surface area contributed by atoms with Crippen molar-refractivity contribution in [3.63, 3.8) is 0 Å². The van der Waals surface area contributed by atoms with E-state index in [2.05, 4.69) is 81.5 Å². The maximum absolute atomic E-state index is 5.37. The van der Waals surface area contributed by atoms with Crippen molar-refractivity contribution < 1.29 is 0 Å². The highest BCUT2D eigenvalue weighted by molar-refractivity contribution is 7.99. The van der Waals surface area contributed by atoms with Gasteiger partial charge in [0, 0.05) is 59.9 Å². The second kappa shape index (κ2) is 12.1. The second-order valence-corrected chi connectivity index (χ2v) is 13.0.